The molecule has 11 heteroatoms. The van der Waals surface area contributed by atoms with E-state index in [2.05, 4.69) is 38.1 Å². The summed E-state index contributed by atoms with van der Waals surface area (Å²) >= 11 is 0. The summed E-state index contributed by atoms with van der Waals surface area (Å²) in [5, 5.41) is 13.1. The average molecular weight is 656 g/mol. The Morgan fingerprint density at radius 2 is 1.52 bits per heavy atom. The number of hydrogen-bond donors (Lipinski definition) is 3. The molecule has 2 heterocycles. The molecule has 0 unspecified atom stereocenters. The average Bonchev–Trinajstić information content (AvgIpc) is 3.36. The number of carbonyl (C=O) groups is 4. The minimum absolute atomic E-state index is 0.0399. The summed E-state index contributed by atoms with van der Waals surface area (Å²) in [4.78, 5) is 57.1. The van der Waals surface area contributed by atoms with Crippen LogP contribution in [0.15, 0.2) is 66.9 Å². The van der Waals surface area contributed by atoms with Gasteiger partial charge in [0.15, 0.2) is 0 Å². The number of hydrogen-bond acceptors (Lipinski definition) is 6. The zero-order chi connectivity index (χ0) is 33.9. The summed E-state index contributed by atoms with van der Waals surface area (Å²) in [5.74, 6) is -0.781. The molecule has 256 valence electrons. The SMILES string of the molecule is CCC(=O)N[C@H](Cc1ccc(NC(=O)[C@@H](NC(=O)c2ccnn2C)C2CCCCCC2)cc1)C(=O)N1CCN(Cc2ccccc2)CC1. The molecule has 2 aromatic carbocycles. The zero-order valence-corrected chi connectivity index (χ0v) is 28.2. The van der Waals surface area contributed by atoms with Crippen molar-refractivity contribution >= 4 is 29.3 Å². The minimum atomic E-state index is -0.680. The Hall–Kier alpha value is -4.51. The van der Waals surface area contributed by atoms with Crippen LogP contribution < -0.4 is 16.0 Å². The van der Waals surface area contributed by atoms with E-state index in [0.717, 1.165) is 63.7 Å². The first-order chi connectivity index (χ1) is 23.3. The van der Waals surface area contributed by atoms with Crippen LogP contribution in [0.4, 0.5) is 5.69 Å². The molecule has 2 fully saturated rings. The summed E-state index contributed by atoms with van der Waals surface area (Å²) < 4.78 is 1.50. The van der Waals surface area contributed by atoms with Crippen molar-refractivity contribution in [2.24, 2.45) is 13.0 Å². The summed E-state index contributed by atoms with van der Waals surface area (Å²) in [6.45, 7) is 5.38. The molecule has 4 amide bonds. The minimum Gasteiger partial charge on any atom is -0.344 e. The number of anilines is 1. The predicted octanol–water partition coefficient (Wildman–Crippen LogP) is 3.91. The fourth-order valence-corrected chi connectivity index (χ4v) is 6.72. The topological polar surface area (TPSA) is 129 Å². The predicted molar refractivity (Wildman–Crippen MR) is 185 cm³/mol. The van der Waals surface area contributed by atoms with E-state index < -0.39 is 12.1 Å². The number of piperazine rings is 1. The van der Waals surface area contributed by atoms with Gasteiger partial charge < -0.3 is 20.9 Å². The number of benzene rings is 2. The number of aryl methyl sites for hydroxylation is 1. The normalized spacial score (nSPS) is 17.2. The van der Waals surface area contributed by atoms with Crippen LogP contribution in [0, 0.1) is 5.92 Å². The van der Waals surface area contributed by atoms with Gasteiger partial charge in [-0.25, -0.2) is 0 Å². The monoisotopic (exact) mass is 655 g/mol. The molecule has 1 aromatic heterocycles. The fraction of sp³-hybridized carbons (Fsp3) is 0.486. The molecule has 1 saturated carbocycles. The molecule has 1 aliphatic heterocycles. The first-order valence-corrected chi connectivity index (χ1v) is 17.3. The number of nitrogens with zero attached hydrogens (tertiary/aromatic N) is 4. The Bertz CT molecular complexity index is 1510. The number of nitrogens with one attached hydrogen (secondary N) is 3. The molecule has 11 nitrogen and oxygen atoms in total. The van der Waals surface area contributed by atoms with Crippen LogP contribution in [-0.4, -0.2) is 81.5 Å². The number of amides is 4. The quantitative estimate of drug-likeness (QED) is 0.254. The van der Waals surface area contributed by atoms with Crippen molar-refractivity contribution in [3.05, 3.63) is 83.7 Å². The maximum Gasteiger partial charge on any atom is 0.270 e. The molecule has 3 N–H and O–H groups in total. The first kappa shape index (κ1) is 34.8. The lowest BCUT2D eigenvalue weighted by atomic mass is 9.91. The molecule has 1 saturated heterocycles. The Balaban J connectivity index is 1.21. The van der Waals surface area contributed by atoms with Gasteiger partial charge in [-0.3, -0.25) is 28.8 Å². The highest BCUT2D eigenvalue weighted by molar-refractivity contribution is 6.00. The lowest BCUT2D eigenvalue weighted by molar-refractivity contribution is -0.138. The van der Waals surface area contributed by atoms with Gasteiger partial charge in [0.2, 0.25) is 17.7 Å². The third-order valence-corrected chi connectivity index (χ3v) is 9.54. The van der Waals surface area contributed by atoms with E-state index in [1.54, 1.807) is 26.2 Å². The molecule has 0 radical (unpaired) electrons. The molecule has 0 spiro atoms. The molecular formula is C37H49N7O4. The summed E-state index contributed by atoms with van der Waals surface area (Å²) in [6, 6.07) is 18.0. The second kappa shape index (κ2) is 17.1. The third kappa shape index (κ3) is 9.53. The second-order valence-electron chi connectivity index (χ2n) is 13.0. The van der Waals surface area contributed by atoms with Crippen molar-refractivity contribution < 1.29 is 19.2 Å². The van der Waals surface area contributed by atoms with Gasteiger partial charge in [0.1, 0.15) is 17.8 Å². The molecule has 2 atom stereocenters. The smallest absolute Gasteiger partial charge is 0.270 e. The van der Waals surface area contributed by atoms with Crippen LogP contribution in [0.25, 0.3) is 0 Å². The zero-order valence-electron chi connectivity index (χ0n) is 28.2. The second-order valence-corrected chi connectivity index (χ2v) is 13.0. The van der Waals surface area contributed by atoms with E-state index in [4.69, 9.17) is 0 Å². The van der Waals surface area contributed by atoms with Gasteiger partial charge in [-0.05, 0) is 48.1 Å². The van der Waals surface area contributed by atoms with Crippen LogP contribution >= 0.6 is 0 Å². The van der Waals surface area contributed by atoms with E-state index in [1.807, 2.05) is 47.4 Å². The van der Waals surface area contributed by atoms with Crippen molar-refractivity contribution in [1.82, 2.24) is 30.2 Å². The van der Waals surface area contributed by atoms with E-state index in [0.29, 0.717) is 37.3 Å². The van der Waals surface area contributed by atoms with Crippen LogP contribution in [0.2, 0.25) is 0 Å². The van der Waals surface area contributed by atoms with Gasteiger partial charge in [-0.2, -0.15) is 5.10 Å². The van der Waals surface area contributed by atoms with Gasteiger partial charge in [-0.1, -0.05) is 75.1 Å². The van der Waals surface area contributed by atoms with Gasteiger partial charge >= 0.3 is 0 Å². The molecule has 0 bridgehead atoms. The van der Waals surface area contributed by atoms with Crippen molar-refractivity contribution in [3.8, 4) is 0 Å². The standard InChI is InChI=1S/C37H49N7O4/c1-3-33(45)40-31(37(48)44-23-21-43(22-24-44)26-28-11-7-6-8-12-28)25-27-15-17-30(18-16-27)39-36(47)34(29-13-9-4-5-10-14-29)41-35(46)32-19-20-38-42(32)2/h6-8,11-12,15-20,29,31,34H,3-5,9-10,13-14,21-26H2,1-2H3,(H,39,47)(H,40,45)(H,41,46)/t31-,34+/m1/s1. The first-order valence-electron chi connectivity index (χ1n) is 17.3. The van der Waals surface area contributed by atoms with Gasteiger partial charge in [0.25, 0.3) is 5.91 Å². The maximum absolute atomic E-state index is 13.7. The number of rotatable bonds is 12. The highest BCUT2D eigenvalue weighted by atomic mass is 16.2. The lowest BCUT2D eigenvalue weighted by Gasteiger charge is -2.36. The summed E-state index contributed by atoms with van der Waals surface area (Å²) in [5.41, 5.74) is 3.13. The molecular weight excluding hydrogens is 606 g/mol. The van der Waals surface area contributed by atoms with Gasteiger partial charge in [0, 0.05) is 64.5 Å². The van der Waals surface area contributed by atoms with E-state index in [1.165, 1.54) is 10.2 Å². The molecule has 1 aliphatic carbocycles. The highest BCUT2D eigenvalue weighted by Crippen LogP contribution is 2.27. The van der Waals surface area contributed by atoms with Gasteiger partial charge in [-0.15, -0.1) is 0 Å². The molecule has 3 aromatic rings. The van der Waals surface area contributed by atoms with Crippen LogP contribution in [0.3, 0.4) is 0 Å². The van der Waals surface area contributed by atoms with Crippen LogP contribution in [-0.2, 0) is 34.4 Å². The van der Waals surface area contributed by atoms with E-state index in [-0.39, 0.29) is 29.5 Å². The van der Waals surface area contributed by atoms with E-state index >= 15 is 0 Å². The van der Waals surface area contributed by atoms with Crippen LogP contribution in [0.1, 0.15) is 73.5 Å². The maximum atomic E-state index is 13.7. The van der Waals surface area contributed by atoms with Crippen molar-refractivity contribution in [3.63, 3.8) is 0 Å². The third-order valence-electron chi connectivity index (χ3n) is 9.54. The summed E-state index contributed by atoms with van der Waals surface area (Å²) in [6.07, 6.45) is 8.28. The van der Waals surface area contributed by atoms with Crippen LogP contribution in [0.5, 0.6) is 0 Å². The Labute approximate surface area is 283 Å². The van der Waals surface area contributed by atoms with Crippen molar-refractivity contribution in [1.29, 1.82) is 0 Å². The Morgan fingerprint density at radius 1 is 0.833 bits per heavy atom. The number of carbonyl (C=O) groups excluding carboxylic acids is 4. The van der Waals surface area contributed by atoms with Gasteiger partial charge in [0.05, 0.1) is 0 Å². The lowest BCUT2D eigenvalue weighted by Crippen LogP contribution is -2.55. The van der Waals surface area contributed by atoms with Crippen molar-refractivity contribution in [2.75, 3.05) is 31.5 Å². The fourth-order valence-electron chi connectivity index (χ4n) is 6.72. The molecule has 5 rings (SSSR count). The molecule has 2 aliphatic rings. The summed E-state index contributed by atoms with van der Waals surface area (Å²) in [7, 11) is 1.70. The van der Waals surface area contributed by atoms with Crippen molar-refractivity contribution in [2.45, 2.75) is 76.9 Å². The van der Waals surface area contributed by atoms with E-state index in [9.17, 15) is 19.2 Å². The number of aromatic nitrogens is 2. The molecule has 48 heavy (non-hydrogen) atoms. The largest absolute Gasteiger partial charge is 0.344 e. The highest BCUT2D eigenvalue weighted by Gasteiger charge is 2.32. The Morgan fingerprint density at radius 3 is 2.15 bits per heavy atom. The Kier molecular flexibility index (Phi) is 12.4.